The summed E-state index contributed by atoms with van der Waals surface area (Å²) in [5, 5.41) is 0. The molecule has 1 aromatic carbocycles. The minimum atomic E-state index is -0.207. The second-order valence-electron chi connectivity index (χ2n) is 7.92. The van der Waals surface area contributed by atoms with Gasteiger partial charge in [-0.2, -0.15) is 0 Å². The van der Waals surface area contributed by atoms with E-state index in [0.29, 0.717) is 0 Å². The van der Waals surface area contributed by atoms with Crippen molar-refractivity contribution < 1.29 is 9.53 Å². The van der Waals surface area contributed by atoms with Crippen molar-refractivity contribution in [3.05, 3.63) is 54.4 Å². The number of carbonyl (C=O) groups excluding carboxylic acids is 1. The maximum absolute atomic E-state index is 12.7. The van der Waals surface area contributed by atoms with E-state index >= 15 is 0 Å². The zero-order chi connectivity index (χ0) is 18.3. The maximum Gasteiger partial charge on any atom is 0.251 e. The van der Waals surface area contributed by atoms with Gasteiger partial charge >= 0.3 is 0 Å². The largest absolute Gasteiger partial charge is 0.368 e. The Hall–Kier alpha value is -2.40. The number of pyridine rings is 1. The molecular formula is C22H25N3O2. The van der Waals surface area contributed by atoms with Gasteiger partial charge in [-0.05, 0) is 49.4 Å². The molecule has 5 heteroatoms. The summed E-state index contributed by atoms with van der Waals surface area (Å²) in [6.07, 6.45) is 7.42. The summed E-state index contributed by atoms with van der Waals surface area (Å²) in [4.78, 5) is 21.4. The molecule has 5 nitrogen and oxygen atoms in total. The highest BCUT2D eigenvalue weighted by Gasteiger charge is 2.46. The molecule has 27 heavy (non-hydrogen) atoms. The monoisotopic (exact) mass is 363 g/mol. The highest BCUT2D eigenvalue weighted by molar-refractivity contribution is 5.81. The van der Waals surface area contributed by atoms with Crippen LogP contribution in [0.25, 0.3) is 0 Å². The molecule has 4 heterocycles. The first-order chi connectivity index (χ1) is 13.3. The van der Waals surface area contributed by atoms with Gasteiger partial charge in [0.25, 0.3) is 5.91 Å². The van der Waals surface area contributed by atoms with Crippen molar-refractivity contribution in [1.82, 2.24) is 9.88 Å². The number of anilines is 2. The van der Waals surface area contributed by atoms with Crippen LogP contribution in [0.15, 0.2) is 48.8 Å². The van der Waals surface area contributed by atoms with Crippen LogP contribution in [0.5, 0.6) is 0 Å². The number of aromatic nitrogens is 1. The van der Waals surface area contributed by atoms with Crippen LogP contribution in [-0.2, 0) is 14.9 Å². The van der Waals surface area contributed by atoms with Gasteiger partial charge in [-0.1, -0.05) is 18.2 Å². The summed E-state index contributed by atoms with van der Waals surface area (Å²) in [6, 6.07) is 12.8. The highest BCUT2D eigenvalue weighted by atomic mass is 16.5. The lowest BCUT2D eigenvalue weighted by Crippen LogP contribution is -2.49. The average molecular weight is 363 g/mol. The van der Waals surface area contributed by atoms with Gasteiger partial charge in [0.15, 0.2) is 0 Å². The molecule has 5 rings (SSSR count). The van der Waals surface area contributed by atoms with Crippen LogP contribution < -0.4 is 4.90 Å². The number of hydrogen-bond donors (Lipinski definition) is 0. The third-order valence-corrected chi connectivity index (χ3v) is 6.42. The van der Waals surface area contributed by atoms with Crippen LogP contribution in [0.3, 0.4) is 0 Å². The molecule has 1 atom stereocenters. The Morgan fingerprint density at radius 3 is 2.74 bits per heavy atom. The standard InChI is InChI=1S/C22H25N3O2/c26-21(20-8-4-14-27-20)24-12-9-22(10-13-24)16-25(17-5-3-11-23-15-17)19-7-2-1-6-18(19)22/h1-3,5-7,11,15,20H,4,8-10,12-14,16H2/t20-/m1/s1. The summed E-state index contributed by atoms with van der Waals surface area (Å²) in [5.74, 6) is 0.192. The van der Waals surface area contributed by atoms with Gasteiger partial charge in [0.2, 0.25) is 0 Å². The predicted octanol–water partition coefficient (Wildman–Crippen LogP) is 3.27. The fourth-order valence-electron chi connectivity index (χ4n) is 4.93. The van der Waals surface area contributed by atoms with E-state index in [0.717, 1.165) is 57.6 Å². The van der Waals surface area contributed by atoms with Crippen LogP contribution in [-0.4, -0.2) is 48.1 Å². The fraction of sp³-hybridized carbons (Fsp3) is 0.455. The quantitative estimate of drug-likeness (QED) is 0.822. The molecule has 0 unspecified atom stereocenters. The number of likely N-dealkylation sites (tertiary alicyclic amines) is 1. The summed E-state index contributed by atoms with van der Waals surface area (Å²) in [6.45, 7) is 3.31. The molecule has 1 spiro atoms. The van der Waals surface area contributed by atoms with Crippen molar-refractivity contribution in [3.63, 3.8) is 0 Å². The highest BCUT2D eigenvalue weighted by Crippen LogP contribution is 2.49. The second kappa shape index (κ2) is 6.64. The molecule has 1 amide bonds. The molecule has 0 saturated carbocycles. The van der Waals surface area contributed by atoms with Crippen LogP contribution in [0.2, 0.25) is 0 Å². The first-order valence-electron chi connectivity index (χ1n) is 9.94. The lowest BCUT2D eigenvalue weighted by Gasteiger charge is -2.40. The smallest absolute Gasteiger partial charge is 0.251 e. The van der Waals surface area contributed by atoms with Gasteiger partial charge in [0, 0.05) is 43.5 Å². The number of benzene rings is 1. The Morgan fingerprint density at radius 1 is 1.15 bits per heavy atom. The van der Waals surface area contributed by atoms with Crippen molar-refractivity contribution in [1.29, 1.82) is 0 Å². The molecule has 0 N–H and O–H groups in total. The minimum absolute atomic E-state index is 0.111. The Kier molecular flexibility index (Phi) is 4.12. The van der Waals surface area contributed by atoms with Gasteiger partial charge in [0.1, 0.15) is 6.10 Å². The van der Waals surface area contributed by atoms with Crippen LogP contribution in [0.1, 0.15) is 31.2 Å². The molecule has 0 aliphatic carbocycles. The summed E-state index contributed by atoms with van der Waals surface area (Å²) in [7, 11) is 0. The number of para-hydroxylation sites is 1. The van der Waals surface area contributed by atoms with Gasteiger partial charge in [0.05, 0.1) is 11.9 Å². The third-order valence-electron chi connectivity index (χ3n) is 6.42. The Labute approximate surface area is 159 Å². The zero-order valence-electron chi connectivity index (χ0n) is 15.5. The van der Waals surface area contributed by atoms with E-state index in [2.05, 4.69) is 40.2 Å². The topological polar surface area (TPSA) is 45.7 Å². The third kappa shape index (κ3) is 2.81. The lowest BCUT2D eigenvalue weighted by atomic mass is 9.74. The van der Waals surface area contributed by atoms with Crippen LogP contribution >= 0.6 is 0 Å². The maximum atomic E-state index is 12.7. The average Bonchev–Trinajstić information content (AvgIpc) is 3.37. The Balaban J connectivity index is 1.39. The molecular weight excluding hydrogens is 338 g/mol. The van der Waals surface area contributed by atoms with Crippen molar-refractivity contribution in [2.45, 2.75) is 37.2 Å². The van der Waals surface area contributed by atoms with Crippen molar-refractivity contribution >= 4 is 17.3 Å². The molecule has 3 aliphatic rings. The predicted molar refractivity (Wildman–Crippen MR) is 104 cm³/mol. The minimum Gasteiger partial charge on any atom is -0.368 e. The fourth-order valence-corrected chi connectivity index (χ4v) is 4.93. The number of nitrogens with zero attached hydrogens (tertiary/aromatic N) is 3. The molecule has 2 fully saturated rings. The van der Waals surface area contributed by atoms with E-state index < -0.39 is 0 Å². The van der Waals surface area contributed by atoms with Gasteiger partial charge < -0.3 is 14.5 Å². The number of rotatable bonds is 2. The first-order valence-corrected chi connectivity index (χ1v) is 9.94. The number of carbonyl (C=O) groups is 1. The van der Waals surface area contributed by atoms with E-state index in [1.807, 2.05) is 23.4 Å². The van der Waals surface area contributed by atoms with Crippen LogP contribution in [0, 0.1) is 0 Å². The van der Waals surface area contributed by atoms with Crippen molar-refractivity contribution in [2.24, 2.45) is 0 Å². The normalized spacial score (nSPS) is 23.6. The van der Waals surface area contributed by atoms with E-state index in [9.17, 15) is 4.79 Å². The van der Waals surface area contributed by atoms with E-state index in [-0.39, 0.29) is 17.4 Å². The van der Waals surface area contributed by atoms with Gasteiger partial charge in [-0.3, -0.25) is 9.78 Å². The van der Waals surface area contributed by atoms with Gasteiger partial charge in [-0.15, -0.1) is 0 Å². The Bertz CT molecular complexity index is 824. The van der Waals surface area contributed by atoms with Gasteiger partial charge in [-0.25, -0.2) is 0 Å². The number of amides is 1. The summed E-state index contributed by atoms with van der Waals surface area (Å²) < 4.78 is 5.61. The lowest BCUT2D eigenvalue weighted by molar-refractivity contribution is -0.142. The molecule has 2 saturated heterocycles. The Morgan fingerprint density at radius 2 is 2.00 bits per heavy atom. The van der Waals surface area contributed by atoms with Crippen molar-refractivity contribution in [2.75, 3.05) is 31.1 Å². The van der Waals surface area contributed by atoms with E-state index in [1.54, 1.807) is 0 Å². The van der Waals surface area contributed by atoms with Crippen molar-refractivity contribution in [3.8, 4) is 0 Å². The second-order valence-corrected chi connectivity index (χ2v) is 7.92. The molecule has 0 radical (unpaired) electrons. The summed E-state index contributed by atoms with van der Waals surface area (Å²) in [5.41, 5.74) is 3.95. The van der Waals surface area contributed by atoms with E-state index in [4.69, 9.17) is 4.74 Å². The number of fused-ring (bicyclic) bond motifs is 2. The number of ether oxygens (including phenoxy) is 1. The number of piperidine rings is 1. The molecule has 1 aromatic heterocycles. The molecule has 140 valence electrons. The molecule has 3 aliphatic heterocycles. The van der Waals surface area contributed by atoms with Crippen LogP contribution in [0.4, 0.5) is 11.4 Å². The summed E-state index contributed by atoms with van der Waals surface area (Å²) >= 11 is 0. The SMILES string of the molecule is O=C([C@H]1CCCO1)N1CCC2(CC1)CN(c1cccnc1)c1ccccc12. The van der Waals surface area contributed by atoms with E-state index in [1.165, 1.54) is 11.3 Å². The zero-order valence-corrected chi connectivity index (χ0v) is 15.5. The molecule has 0 bridgehead atoms. The first kappa shape index (κ1) is 16.8. The molecule has 2 aromatic rings. The number of hydrogen-bond acceptors (Lipinski definition) is 4.